The summed E-state index contributed by atoms with van der Waals surface area (Å²) >= 11 is 0. The van der Waals surface area contributed by atoms with Gasteiger partial charge in [-0.15, -0.1) is 0 Å². The van der Waals surface area contributed by atoms with Crippen LogP contribution in [0.4, 0.5) is 0 Å². The molecule has 24 heavy (non-hydrogen) atoms. The monoisotopic (exact) mass is 328 g/mol. The number of nitrogens with zero attached hydrogens (tertiary/aromatic N) is 2. The van der Waals surface area contributed by atoms with E-state index in [1.54, 1.807) is 6.26 Å². The molecule has 0 amide bonds. The first-order chi connectivity index (χ1) is 11.5. The Labute approximate surface area is 144 Å². The number of nitrogens with two attached hydrogens (primary N) is 1. The van der Waals surface area contributed by atoms with Crippen molar-refractivity contribution in [3.05, 3.63) is 59.5 Å². The zero-order valence-electron chi connectivity index (χ0n) is 14.8. The molecule has 1 aromatic heterocycles. The van der Waals surface area contributed by atoms with Crippen LogP contribution in [0.2, 0.25) is 0 Å². The van der Waals surface area contributed by atoms with Gasteiger partial charge in [-0.2, -0.15) is 0 Å². The van der Waals surface area contributed by atoms with Gasteiger partial charge < -0.3 is 15.5 Å². The standard InChI is InChI=1S/C19H28N4O/c1-15(2)11-21-19(20)22-12-16-7-4-5-8-17(16)13-23(3)14-18-9-6-10-24-18/h4-10,15H,11-14H2,1-3H3,(H3,20,21,22). The van der Waals surface area contributed by atoms with Crippen LogP contribution in [-0.4, -0.2) is 24.5 Å². The fourth-order valence-electron chi connectivity index (χ4n) is 2.42. The van der Waals surface area contributed by atoms with E-state index < -0.39 is 0 Å². The van der Waals surface area contributed by atoms with Crippen LogP contribution in [0, 0.1) is 5.92 Å². The molecule has 0 aliphatic heterocycles. The highest BCUT2D eigenvalue weighted by molar-refractivity contribution is 5.77. The van der Waals surface area contributed by atoms with Crippen LogP contribution < -0.4 is 11.1 Å². The van der Waals surface area contributed by atoms with Crippen LogP contribution in [0.5, 0.6) is 0 Å². The molecular formula is C19H28N4O. The second kappa shape index (κ2) is 9.13. The van der Waals surface area contributed by atoms with Gasteiger partial charge >= 0.3 is 0 Å². The number of nitrogens with one attached hydrogen (secondary N) is 1. The molecule has 2 aromatic rings. The minimum absolute atomic E-state index is 0.502. The minimum atomic E-state index is 0.502. The Morgan fingerprint density at radius 3 is 2.58 bits per heavy atom. The quantitative estimate of drug-likeness (QED) is 0.577. The molecule has 0 aliphatic carbocycles. The van der Waals surface area contributed by atoms with E-state index in [2.05, 4.69) is 54.3 Å². The lowest BCUT2D eigenvalue weighted by Gasteiger charge is -2.17. The van der Waals surface area contributed by atoms with Crippen LogP contribution in [0.25, 0.3) is 0 Å². The lowest BCUT2D eigenvalue weighted by atomic mass is 10.1. The Hall–Kier alpha value is -2.27. The number of hydrogen-bond donors (Lipinski definition) is 2. The van der Waals surface area contributed by atoms with Crippen molar-refractivity contribution in [2.24, 2.45) is 16.6 Å². The number of guanidine groups is 1. The van der Waals surface area contributed by atoms with E-state index in [0.29, 0.717) is 18.4 Å². The number of benzene rings is 1. The van der Waals surface area contributed by atoms with E-state index in [1.807, 2.05) is 18.2 Å². The highest BCUT2D eigenvalue weighted by Crippen LogP contribution is 2.14. The summed E-state index contributed by atoms with van der Waals surface area (Å²) < 4.78 is 5.41. The highest BCUT2D eigenvalue weighted by Gasteiger charge is 2.07. The van der Waals surface area contributed by atoms with Crippen molar-refractivity contribution in [1.82, 2.24) is 10.2 Å². The zero-order chi connectivity index (χ0) is 17.4. The molecule has 1 heterocycles. The van der Waals surface area contributed by atoms with E-state index >= 15 is 0 Å². The molecular weight excluding hydrogens is 300 g/mol. The van der Waals surface area contributed by atoms with Crippen molar-refractivity contribution in [2.75, 3.05) is 13.6 Å². The molecule has 0 spiro atoms. The van der Waals surface area contributed by atoms with Gasteiger partial charge in [0.05, 0.1) is 19.4 Å². The molecule has 0 atom stereocenters. The van der Waals surface area contributed by atoms with Crippen molar-refractivity contribution in [2.45, 2.75) is 33.5 Å². The first-order valence-corrected chi connectivity index (χ1v) is 8.36. The normalized spacial score (nSPS) is 12.1. The number of rotatable bonds is 8. The fraction of sp³-hybridized carbons (Fsp3) is 0.421. The average Bonchev–Trinajstić information content (AvgIpc) is 3.04. The van der Waals surface area contributed by atoms with Crippen LogP contribution in [0.1, 0.15) is 30.7 Å². The maximum Gasteiger partial charge on any atom is 0.188 e. The molecule has 0 radical (unpaired) electrons. The van der Waals surface area contributed by atoms with Crippen molar-refractivity contribution < 1.29 is 4.42 Å². The summed E-state index contributed by atoms with van der Waals surface area (Å²) in [4.78, 5) is 6.68. The molecule has 0 unspecified atom stereocenters. The number of aliphatic imine (C=N–C) groups is 1. The molecule has 130 valence electrons. The Kier molecular flexibility index (Phi) is 6.88. The Morgan fingerprint density at radius 1 is 1.17 bits per heavy atom. The topological polar surface area (TPSA) is 66.8 Å². The molecule has 2 rings (SSSR count). The lowest BCUT2D eigenvalue weighted by molar-refractivity contribution is 0.287. The summed E-state index contributed by atoms with van der Waals surface area (Å²) in [5, 5.41) is 3.15. The van der Waals surface area contributed by atoms with Gasteiger partial charge in [-0.05, 0) is 36.2 Å². The second-order valence-corrected chi connectivity index (χ2v) is 6.50. The van der Waals surface area contributed by atoms with Gasteiger partial charge in [-0.1, -0.05) is 38.1 Å². The Bertz CT molecular complexity index is 635. The third kappa shape index (κ3) is 6.08. The summed E-state index contributed by atoms with van der Waals surface area (Å²) in [7, 11) is 2.08. The predicted molar refractivity (Wildman–Crippen MR) is 98.5 cm³/mol. The summed E-state index contributed by atoms with van der Waals surface area (Å²) in [5.41, 5.74) is 8.38. The first kappa shape index (κ1) is 18.1. The average molecular weight is 328 g/mol. The largest absolute Gasteiger partial charge is 0.468 e. The van der Waals surface area contributed by atoms with Crippen molar-refractivity contribution in [3.8, 4) is 0 Å². The van der Waals surface area contributed by atoms with Gasteiger partial charge in [0.2, 0.25) is 0 Å². The summed E-state index contributed by atoms with van der Waals surface area (Å²) in [6.07, 6.45) is 1.71. The van der Waals surface area contributed by atoms with Crippen LogP contribution >= 0.6 is 0 Å². The SMILES string of the molecule is CC(C)CNC(N)=NCc1ccccc1CN(C)Cc1ccco1. The van der Waals surface area contributed by atoms with E-state index in [9.17, 15) is 0 Å². The fourth-order valence-corrected chi connectivity index (χ4v) is 2.42. The van der Waals surface area contributed by atoms with E-state index in [4.69, 9.17) is 10.2 Å². The maximum atomic E-state index is 5.93. The van der Waals surface area contributed by atoms with Crippen LogP contribution in [0.15, 0.2) is 52.1 Å². The number of hydrogen-bond acceptors (Lipinski definition) is 3. The molecule has 5 nitrogen and oxygen atoms in total. The van der Waals surface area contributed by atoms with Crippen LogP contribution in [0.3, 0.4) is 0 Å². The molecule has 1 aromatic carbocycles. The van der Waals surface area contributed by atoms with Gasteiger partial charge in [0.1, 0.15) is 5.76 Å². The summed E-state index contributed by atoms with van der Waals surface area (Å²) in [6.45, 7) is 7.33. The molecule has 0 saturated heterocycles. The van der Waals surface area contributed by atoms with Gasteiger partial charge in [0, 0.05) is 13.1 Å². The molecule has 0 aliphatic rings. The third-order valence-corrected chi connectivity index (χ3v) is 3.68. The number of furan rings is 1. The lowest BCUT2D eigenvalue weighted by Crippen LogP contribution is -2.34. The Balaban J connectivity index is 1.95. The smallest absolute Gasteiger partial charge is 0.188 e. The van der Waals surface area contributed by atoms with Gasteiger partial charge in [0.25, 0.3) is 0 Å². The van der Waals surface area contributed by atoms with Crippen molar-refractivity contribution in [1.29, 1.82) is 0 Å². The van der Waals surface area contributed by atoms with Gasteiger partial charge in [-0.3, -0.25) is 4.90 Å². The molecule has 5 heteroatoms. The highest BCUT2D eigenvalue weighted by atomic mass is 16.3. The molecule has 0 fully saturated rings. The maximum absolute atomic E-state index is 5.93. The van der Waals surface area contributed by atoms with E-state index in [0.717, 1.165) is 25.4 Å². The van der Waals surface area contributed by atoms with Gasteiger partial charge in [0.15, 0.2) is 5.96 Å². The summed E-state index contributed by atoms with van der Waals surface area (Å²) in [6, 6.07) is 12.3. The van der Waals surface area contributed by atoms with E-state index in [1.165, 1.54) is 11.1 Å². The van der Waals surface area contributed by atoms with Crippen molar-refractivity contribution in [3.63, 3.8) is 0 Å². The molecule has 3 N–H and O–H groups in total. The zero-order valence-corrected chi connectivity index (χ0v) is 14.8. The minimum Gasteiger partial charge on any atom is -0.468 e. The van der Waals surface area contributed by atoms with Crippen molar-refractivity contribution >= 4 is 5.96 Å². The second-order valence-electron chi connectivity index (χ2n) is 6.50. The third-order valence-electron chi connectivity index (χ3n) is 3.68. The molecule has 0 bridgehead atoms. The predicted octanol–water partition coefficient (Wildman–Crippen LogP) is 2.97. The Morgan fingerprint density at radius 2 is 1.92 bits per heavy atom. The van der Waals surface area contributed by atoms with Crippen LogP contribution in [-0.2, 0) is 19.6 Å². The molecule has 0 saturated carbocycles. The first-order valence-electron chi connectivity index (χ1n) is 8.36. The van der Waals surface area contributed by atoms with Gasteiger partial charge in [-0.25, -0.2) is 4.99 Å². The summed E-state index contributed by atoms with van der Waals surface area (Å²) in [5.74, 6) is 2.01. The van der Waals surface area contributed by atoms with E-state index in [-0.39, 0.29) is 0 Å².